The van der Waals surface area contributed by atoms with Crippen LogP contribution < -0.4 is 19.6 Å². The molecule has 0 aliphatic carbocycles. The van der Waals surface area contributed by atoms with Crippen molar-refractivity contribution >= 4 is 32.9 Å². The number of benzene rings is 2. The van der Waals surface area contributed by atoms with Gasteiger partial charge in [-0.1, -0.05) is 12.1 Å². The molecule has 0 saturated heterocycles. The molecule has 7 nitrogen and oxygen atoms in total. The Labute approximate surface area is 162 Å². The van der Waals surface area contributed by atoms with Crippen LogP contribution in [0, 0.1) is 0 Å². The molecular weight excluding hydrogens is 420 g/mol. The van der Waals surface area contributed by atoms with E-state index < -0.39 is 18.0 Å². The third kappa shape index (κ3) is 3.61. The van der Waals surface area contributed by atoms with Crippen LogP contribution in [0.4, 0.5) is 0 Å². The highest BCUT2D eigenvalue weighted by Gasteiger charge is 2.21. The largest absolute Gasteiger partial charge is 0.493 e. The molecule has 0 unspecified atom stereocenters. The number of halogens is 1. The van der Waals surface area contributed by atoms with Crippen LogP contribution in [0.2, 0.25) is 0 Å². The second-order valence-corrected chi connectivity index (χ2v) is 6.32. The average molecular weight is 435 g/mol. The van der Waals surface area contributed by atoms with Crippen molar-refractivity contribution < 1.29 is 28.5 Å². The second kappa shape index (κ2) is 7.71. The van der Waals surface area contributed by atoms with E-state index in [1.807, 2.05) is 0 Å². The summed E-state index contributed by atoms with van der Waals surface area (Å²) in [6.45, 7) is -0.676. The minimum Gasteiger partial charge on any atom is -0.493 e. The molecule has 0 amide bonds. The van der Waals surface area contributed by atoms with Gasteiger partial charge >= 0.3 is 5.97 Å². The number of para-hydroxylation sites is 1. The molecule has 27 heavy (non-hydrogen) atoms. The first-order valence-corrected chi connectivity index (χ1v) is 8.58. The van der Waals surface area contributed by atoms with Crippen LogP contribution in [0.1, 0.15) is 0 Å². The summed E-state index contributed by atoms with van der Waals surface area (Å²) >= 11 is 3.39. The van der Waals surface area contributed by atoms with Crippen LogP contribution in [0.15, 0.2) is 50.1 Å². The molecule has 0 spiro atoms. The second-order valence-electron chi connectivity index (χ2n) is 5.46. The summed E-state index contributed by atoms with van der Waals surface area (Å²) in [5.74, 6) is -0.418. The zero-order valence-electron chi connectivity index (χ0n) is 14.4. The Balaban J connectivity index is 2.29. The van der Waals surface area contributed by atoms with Crippen molar-refractivity contribution in [1.29, 1.82) is 0 Å². The third-order valence-corrected chi connectivity index (χ3v) is 4.38. The maximum absolute atomic E-state index is 12.9. The highest BCUT2D eigenvalue weighted by Crippen LogP contribution is 2.41. The molecule has 1 N–H and O–H groups in total. The van der Waals surface area contributed by atoms with Gasteiger partial charge in [-0.2, -0.15) is 0 Å². The van der Waals surface area contributed by atoms with Crippen LogP contribution in [-0.4, -0.2) is 31.9 Å². The summed E-state index contributed by atoms with van der Waals surface area (Å²) in [5.41, 5.74) is 0.354. The topological polar surface area (TPSA) is 95.2 Å². The van der Waals surface area contributed by atoms with Crippen molar-refractivity contribution in [3.63, 3.8) is 0 Å². The van der Waals surface area contributed by atoms with Gasteiger partial charge in [0.15, 0.2) is 23.9 Å². The molecular formula is C19H15BrO7. The van der Waals surface area contributed by atoms with E-state index in [9.17, 15) is 9.59 Å². The Morgan fingerprint density at radius 1 is 1.15 bits per heavy atom. The van der Waals surface area contributed by atoms with E-state index in [2.05, 4.69) is 15.9 Å². The van der Waals surface area contributed by atoms with Crippen LogP contribution in [0.3, 0.4) is 0 Å². The maximum Gasteiger partial charge on any atom is 0.341 e. The van der Waals surface area contributed by atoms with E-state index in [1.165, 1.54) is 14.2 Å². The van der Waals surface area contributed by atoms with Gasteiger partial charge in [0.25, 0.3) is 0 Å². The average Bonchev–Trinajstić information content (AvgIpc) is 2.66. The summed E-state index contributed by atoms with van der Waals surface area (Å²) in [6, 6.07) is 9.94. The van der Waals surface area contributed by atoms with Crippen LogP contribution in [-0.2, 0) is 4.79 Å². The standard InChI is InChI=1S/C19H15BrO7/c1-24-14-8-10(7-12(20)18(14)25-2)17-19(26-9-15(21)22)16(23)11-5-3-4-6-13(11)27-17/h3-8H,9H2,1-2H3,(H,21,22). The van der Waals surface area contributed by atoms with Gasteiger partial charge in [-0.3, -0.25) is 4.79 Å². The van der Waals surface area contributed by atoms with Crippen molar-refractivity contribution in [3.8, 4) is 28.6 Å². The first-order valence-electron chi connectivity index (χ1n) is 7.78. The molecule has 3 aromatic rings. The Morgan fingerprint density at radius 3 is 2.56 bits per heavy atom. The van der Waals surface area contributed by atoms with Crippen LogP contribution in [0.5, 0.6) is 17.2 Å². The quantitative estimate of drug-likeness (QED) is 0.631. The van der Waals surface area contributed by atoms with Gasteiger partial charge in [-0.15, -0.1) is 0 Å². The van der Waals surface area contributed by atoms with E-state index >= 15 is 0 Å². The number of ether oxygens (including phenoxy) is 3. The molecule has 140 valence electrons. The zero-order chi connectivity index (χ0) is 19.6. The normalized spacial score (nSPS) is 10.6. The Morgan fingerprint density at radius 2 is 1.89 bits per heavy atom. The maximum atomic E-state index is 12.9. The lowest BCUT2D eigenvalue weighted by Gasteiger charge is -2.14. The summed E-state index contributed by atoms with van der Waals surface area (Å²) in [7, 11) is 2.98. The number of carboxylic acid groups (broad SMARTS) is 1. The number of carbonyl (C=O) groups is 1. The molecule has 0 aliphatic heterocycles. The highest BCUT2D eigenvalue weighted by atomic mass is 79.9. The van der Waals surface area contributed by atoms with Gasteiger partial charge in [0.1, 0.15) is 5.58 Å². The molecule has 0 radical (unpaired) electrons. The van der Waals surface area contributed by atoms with Crippen molar-refractivity contribution in [3.05, 3.63) is 51.1 Å². The third-order valence-electron chi connectivity index (χ3n) is 3.79. The van der Waals surface area contributed by atoms with E-state index in [0.29, 0.717) is 32.5 Å². The number of hydrogen-bond acceptors (Lipinski definition) is 6. The molecule has 8 heteroatoms. The zero-order valence-corrected chi connectivity index (χ0v) is 16.0. The number of rotatable bonds is 6. The van der Waals surface area contributed by atoms with Gasteiger partial charge in [0, 0.05) is 5.56 Å². The Hall–Kier alpha value is -3.00. The lowest BCUT2D eigenvalue weighted by atomic mass is 10.1. The first kappa shape index (κ1) is 18.8. The summed E-state index contributed by atoms with van der Waals surface area (Å²) in [5, 5.41) is 9.23. The summed E-state index contributed by atoms with van der Waals surface area (Å²) in [4.78, 5) is 23.8. The van der Waals surface area contributed by atoms with Gasteiger partial charge < -0.3 is 23.7 Å². The van der Waals surface area contributed by atoms with E-state index in [4.69, 9.17) is 23.7 Å². The molecule has 1 aromatic heterocycles. The van der Waals surface area contributed by atoms with Gasteiger partial charge in [0.05, 0.1) is 24.1 Å². The van der Waals surface area contributed by atoms with Crippen LogP contribution >= 0.6 is 15.9 Å². The molecule has 0 bridgehead atoms. The lowest BCUT2D eigenvalue weighted by molar-refractivity contribution is -0.139. The van der Waals surface area contributed by atoms with Crippen LogP contribution in [0.25, 0.3) is 22.3 Å². The van der Waals surface area contributed by atoms with Crippen molar-refractivity contribution in [2.45, 2.75) is 0 Å². The number of methoxy groups -OCH3 is 2. The van der Waals surface area contributed by atoms with E-state index in [-0.39, 0.29) is 11.5 Å². The minimum absolute atomic E-state index is 0.0987. The SMILES string of the molecule is COc1cc(-c2oc3ccccc3c(=O)c2OCC(=O)O)cc(Br)c1OC. The van der Waals surface area contributed by atoms with Crippen molar-refractivity contribution in [2.75, 3.05) is 20.8 Å². The molecule has 0 saturated carbocycles. The minimum atomic E-state index is -1.21. The van der Waals surface area contributed by atoms with E-state index in [1.54, 1.807) is 36.4 Å². The molecule has 1 heterocycles. The molecule has 0 aliphatic rings. The highest BCUT2D eigenvalue weighted by molar-refractivity contribution is 9.10. The fourth-order valence-corrected chi connectivity index (χ4v) is 3.23. The molecule has 0 atom stereocenters. The van der Waals surface area contributed by atoms with Crippen molar-refractivity contribution in [2.24, 2.45) is 0 Å². The smallest absolute Gasteiger partial charge is 0.341 e. The van der Waals surface area contributed by atoms with E-state index in [0.717, 1.165) is 0 Å². The van der Waals surface area contributed by atoms with Gasteiger partial charge in [-0.05, 0) is 40.2 Å². The first-order chi connectivity index (χ1) is 13.0. The Kier molecular flexibility index (Phi) is 5.36. The summed E-state index contributed by atoms with van der Waals surface area (Å²) < 4.78 is 22.3. The number of hydrogen-bond donors (Lipinski definition) is 1. The number of fused-ring (bicyclic) bond motifs is 1. The lowest BCUT2D eigenvalue weighted by Crippen LogP contribution is -2.16. The predicted octanol–water partition coefficient (Wildman–Crippen LogP) is 3.70. The van der Waals surface area contributed by atoms with Gasteiger partial charge in [-0.25, -0.2) is 4.79 Å². The Bertz CT molecular complexity index is 1070. The molecule has 0 fully saturated rings. The fraction of sp³-hybridized carbons (Fsp3) is 0.158. The number of aliphatic carboxylic acids is 1. The monoisotopic (exact) mass is 434 g/mol. The fourth-order valence-electron chi connectivity index (χ4n) is 2.63. The number of carboxylic acids is 1. The molecule has 2 aromatic carbocycles. The predicted molar refractivity (Wildman–Crippen MR) is 102 cm³/mol. The van der Waals surface area contributed by atoms with Gasteiger partial charge in [0.2, 0.25) is 11.2 Å². The summed E-state index contributed by atoms with van der Waals surface area (Å²) in [6.07, 6.45) is 0. The van der Waals surface area contributed by atoms with Crippen molar-refractivity contribution in [1.82, 2.24) is 0 Å². The molecule has 3 rings (SSSR count).